The second kappa shape index (κ2) is 5.12. The van der Waals surface area contributed by atoms with E-state index < -0.39 is 44.4 Å². The van der Waals surface area contributed by atoms with E-state index in [1.165, 1.54) is 6.92 Å². The van der Waals surface area contributed by atoms with E-state index in [-0.39, 0.29) is 5.56 Å². The van der Waals surface area contributed by atoms with Gasteiger partial charge in [-0.1, -0.05) is 0 Å². The molecule has 2 rings (SSSR count). The Balaban J connectivity index is 2.37. The van der Waals surface area contributed by atoms with Crippen molar-refractivity contribution in [2.24, 2.45) is 0 Å². The molecule has 0 radical (unpaired) electrons. The number of carboxylic acids is 1. The summed E-state index contributed by atoms with van der Waals surface area (Å²) in [6, 6.07) is 1.30. The minimum absolute atomic E-state index is 0.137. The van der Waals surface area contributed by atoms with Crippen LogP contribution in [0, 0.1) is 12.7 Å². The number of halogens is 1. The number of rotatable bonds is 4. The highest BCUT2D eigenvalue weighted by atomic mass is 32.2. The highest BCUT2D eigenvalue weighted by Crippen LogP contribution is 2.25. The van der Waals surface area contributed by atoms with Crippen molar-refractivity contribution in [2.75, 3.05) is 0 Å². The first kappa shape index (κ1) is 14.9. The number of aliphatic hydroxyl groups excluding tert-OH is 1. The van der Waals surface area contributed by atoms with Crippen LogP contribution in [0.25, 0.3) is 0 Å². The number of aliphatic hydroxyl groups is 1. The van der Waals surface area contributed by atoms with Crippen molar-refractivity contribution < 1.29 is 27.8 Å². The van der Waals surface area contributed by atoms with Gasteiger partial charge in [0.2, 0.25) is 10.0 Å². The Labute approximate surface area is 115 Å². The molecule has 0 heterocycles. The van der Waals surface area contributed by atoms with Crippen LogP contribution in [0.5, 0.6) is 0 Å². The molecule has 1 aromatic carbocycles. The van der Waals surface area contributed by atoms with Gasteiger partial charge in [-0.05, 0) is 31.9 Å². The monoisotopic (exact) mass is 303 g/mol. The highest BCUT2D eigenvalue weighted by Gasteiger charge is 2.32. The molecular formula is C12H14FNO5S. The summed E-state index contributed by atoms with van der Waals surface area (Å²) in [5.41, 5.74) is -0.565. The fourth-order valence-corrected chi connectivity index (χ4v) is 3.56. The van der Waals surface area contributed by atoms with E-state index in [9.17, 15) is 17.6 Å². The molecule has 0 spiro atoms. The van der Waals surface area contributed by atoms with Crippen LogP contribution in [0.15, 0.2) is 17.0 Å². The predicted octanol–water partition coefficient (Wildman–Crippen LogP) is 0.634. The zero-order valence-corrected chi connectivity index (χ0v) is 11.4. The van der Waals surface area contributed by atoms with Crippen LogP contribution in [0.1, 0.15) is 28.8 Å². The van der Waals surface area contributed by atoms with Gasteiger partial charge in [0.25, 0.3) is 0 Å². The van der Waals surface area contributed by atoms with E-state index >= 15 is 0 Å². The first-order chi connectivity index (χ1) is 9.20. The van der Waals surface area contributed by atoms with E-state index in [2.05, 4.69) is 4.72 Å². The molecule has 1 aromatic rings. The third-order valence-electron chi connectivity index (χ3n) is 3.27. The molecule has 0 bridgehead atoms. The standard InChI is InChI=1S/C12H14FNO5S/c1-6-10(13)2-7(12(16)17)3-11(6)20(18,19)14-8-4-9(15)5-8/h2-3,8-9,14-15H,4-5H2,1H3,(H,16,17). The van der Waals surface area contributed by atoms with Crippen LogP contribution in [0.3, 0.4) is 0 Å². The molecule has 0 aromatic heterocycles. The van der Waals surface area contributed by atoms with Crippen molar-refractivity contribution in [3.8, 4) is 0 Å². The van der Waals surface area contributed by atoms with Gasteiger partial charge in [0.1, 0.15) is 5.82 Å². The van der Waals surface area contributed by atoms with Gasteiger partial charge in [-0.25, -0.2) is 22.3 Å². The number of benzene rings is 1. The quantitative estimate of drug-likeness (QED) is 0.757. The van der Waals surface area contributed by atoms with Gasteiger partial charge in [0.15, 0.2) is 0 Å². The van der Waals surface area contributed by atoms with Gasteiger partial charge >= 0.3 is 5.97 Å². The lowest BCUT2D eigenvalue weighted by atomic mass is 9.91. The molecule has 20 heavy (non-hydrogen) atoms. The molecule has 0 aliphatic heterocycles. The number of nitrogens with one attached hydrogen (secondary N) is 1. The van der Waals surface area contributed by atoms with Crippen LogP contribution in [0.4, 0.5) is 4.39 Å². The van der Waals surface area contributed by atoms with Crippen molar-refractivity contribution in [3.05, 3.63) is 29.1 Å². The van der Waals surface area contributed by atoms with Gasteiger partial charge < -0.3 is 10.2 Å². The molecule has 0 unspecified atom stereocenters. The van der Waals surface area contributed by atoms with Gasteiger partial charge in [-0.15, -0.1) is 0 Å². The Bertz CT molecular complexity index is 652. The fourth-order valence-electron chi connectivity index (χ4n) is 2.02. The summed E-state index contributed by atoms with van der Waals surface area (Å²) >= 11 is 0. The maximum Gasteiger partial charge on any atom is 0.335 e. The Hall–Kier alpha value is -1.51. The minimum Gasteiger partial charge on any atom is -0.478 e. The molecule has 0 saturated heterocycles. The lowest BCUT2D eigenvalue weighted by Gasteiger charge is -2.31. The maximum atomic E-state index is 13.6. The van der Waals surface area contributed by atoms with Gasteiger partial charge in [-0.2, -0.15) is 0 Å². The lowest BCUT2D eigenvalue weighted by Crippen LogP contribution is -2.46. The average molecular weight is 303 g/mol. The van der Waals surface area contributed by atoms with Crippen molar-refractivity contribution in [1.29, 1.82) is 0 Å². The summed E-state index contributed by atoms with van der Waals surface area (Å²) in [5.74, 6) is -2.29. The number of carboxylic acid groups (broad SMARTS) is 1. The molecule has 1 saturated carbocycles. The summed E-state index contributed by atoms with van der Waals surface area (Å²) in [5, 5.41) is 18.0. The topological polar surface area (TPSA) is 104 Å². The SMILES string of the molecule is Cc1c(F)cc(C(=O)O)cc1S(=O)(=O)NC1CC(O)C1. The first-order valence-corrected chi connectivity index (χ1v) is 7.43. The fraction of sp³-hybridized carbons (Fsp3) is 0.417. The van der Waals surface area contributed by atoms with Gasteiger partial charge in [0.05, 0.1) is 16.6 Å². The van der Waals surface area contributed by atoms with Crippen molar-refractivity contribution in [3.63, 3.8) is 0 Å². The number of aromatic carboxylic acids is 1. The van der Waals surface area contributed by atoms with Crippen LogP contribution in [0.2, 0.25) is 0 Å². The molecule has 6 nitrogen and oxygen atoms in total. The molecule has 8 heteroatoms. The molecule has 3 N–H and O–H groups in total. The van der Waals surface area contributed by atoms with E-state index in [1.54, 1.807) is 0 Å². The molecule has 1 aliphatic rings. The first-order valence-electron chi connectivity index (χ1n) is 5.94. The zero-order chi connectivity index (χ0) is 15.1. The minimum atomic E-state index is -4.02. The summed E-state index contributed by atoms with van der Waals surface area (Å²) in [4.78, 5) is 10.5. The Morgan fingerprint density at radius 2 is 2.00 bits per heavy atom. The normalized spacial score (nSPS) is 22.4. The van der Waals surface area contributed by atoms with Crippen LogP contribution >= 0.6 is 0 Å². The molecule has 0 amide bonds. The van der Waals surface area contributed by atoms with Crippen molar-refractivity contribution in [1.82, 2.24) is 4.72 Å². The smallest absolute Gasteiger partial charge is 0.335 e. The number of hydrogen-bond acceptors (Lipinski definition) is 4. The third-order valence-corrected chi connectivity index (χ3v) is 4.91. The lowest BCUT2D eigenvalue weighted by molar-refractivity contribution is 0.0694. The maximum absolute atomic E-state index is 13.6. The Morgan fingerprint density at radius 1 is 1.40 bits per heavy atom. The zero-order valence-electron chi connectivity index (χ0n) is 10.6. The van der Waals surface area contributed by atoms with E-state index in [0.29, 0.717) is 12.8 Å². The largest absolute Gasteiger partial charge is 0.478 e. The molecule has 110 valence electrons. The van der Waals surface area contributed by atoms with Crippen molar-refractivity contribution >= 4 is 16.0 Å². The average Bonchev–Trinajstić information content (AvgIpc) is 2.29. The van der Waals surface area contributed by atoms with Crippen LogP contribution in [-0.2, 0) is 10.0 Å². The van der Waals surface area contributed by atoms with E-state index in [4.69, 9.17) is 10.2 Å². The van der Waals surface area contributed by atoms with Gasteiger partial charge in [-0.3, -0.25) is 0 Å². The second-order valence-corrected chi connectivity index (χ2v) is 6.51. The summed E-state index contributed by atoms with van der Waals surface area (Å²) < 4.78 is 40.2. The number of carbonyl (C=O) groups is 1. The summed E-state index contributed by atoms with van der Waals surface area (Å²) in [7, 11) is -4.02. The van der Waals surface area contributed by atoms with E-state index in [0.717, 1.165) is 12.1 Å². The summed E-state index contributed by atoms with van der Waals surface area (Å²) in [6.07, 6.45) is 0.0459. The molecular weight excluding hydrogens is 289 g/mol. The second-order valence-electron chi connectivity index (χ2n) is 4.83. The number of hydrogen-bond donors (Lipinski definition) is 3. The Kier molecular flexibility index (Phi) is 3.81. The number of sulfonamides is 1. The Morgan fingerprint density at radius 3 is 2.50 bits per heavy atom. The van der Waals surface area contributed by atoms with Crippen molar-refractivity contribution in [2.45, 2.75) is 36.8 Å². The predicted molar refractivity (Wildman–Crippen MR) is 67.4 cm³/mol. The highest BCUT2D eigenvalue weighted by molar-refractivity contribution is 7.89. The molecule has 0 atom stereocenters. The summed E-state index contributed by atoms with van der Waals surface area (Å²) in [6.45, 7) is 1.27. The van der Waals surface area contributed by atoms with Crippen LogP contribution < -0.4 is 4.72 Å². The van der Waals surface area contributed by atoms with Crippen LogP contribution in [-0.4, -0.2) is 36.7 Å². The molecule has 1 fully saturated rings. The molecule has 1 aliphatic carbocycles. The van der Waals surface area contributed by atoms with Gasteiger partial charge in [0, 0.05) is 11.6 Å². The van der Waals surface area contributed by atoms with E-state index in [1.807, 2.05) is 0 Å². The third kappa shape index (κ3) is 2.82.